The maximum Gasteiger partial charge on any atom is 0.164 e. The minimum absolute atomic E-state index is 0.621. The Balaban J connectivity index is 1.22. The van der Waals surface area contributed by atoms with Crippen molar-refractivity contribution >= 4 is 43.7 Å². The zero-order chi connectivity index (χ0) is 33.0. The quantitative estimate of drug-likeness (QED) is 0.188. The summed E-state index contributed by atoms with van der Waals surface area (Å²) in [5, 5.41) is 4.55. The Morgan fingerprint density at radius 3 is 1.86 bits per heavy atom. The second-order valence-corrected chi connectivity index (χ2v) is 12.6. The molecule has 0 aliphatic heterocycles. The molecule has 0 saturated heterocycles. The van der Waals surface area contributed by atoms with E-state index in [2.05, 4.69) is 156 Å². The monoisotopic (exact) mass is 639 g/mol. The average molecular weight is 640 g/mol. The van der Waals surface area contributed by atoms with E-state index in [1.807, 2.05) is 24.3 Å². The summed E-state index contributed by atoms with van der Waals surface area (Å²) >= 11 is 0. The molecule has 0 bridgehead atoms. The normalized spacial score (nSPS) is 11.6. The number of para-hydroxylation sites is 4. The Kier molecular flexibility index (Phi) is 6.46. The maximum absolute atomic E-state index is 6.48. The molecule has 0 radical (unpaired) electrons. The number of aromatic nitrogens is 3. The molecule has 50 heavy (non-hydrogen) atoms. The molecule has 10 aromatic rings. The Bertz CT molecular complexity index is 2870. The zero-order valence-electron chi connectivity index (χ0n) is 27.0. The molecule has 0 aliphatic rings. The van der Waals surface area contributed by atoms with E-state index in [1.54, 1.807) is 0 Å². The smallest absolute Gasteiger partial charge is 0.164 e. The van der Waals surface area contributed by atoms with E-state index in [-0.39, 0.29) is 0 Å². The van der Waals surface area contributed by atoms with Gasteiger partial charge in [-0.3, -0.25) is 0 Å². The number of nitrogens with zero attached hydrogens (tertiary/aromatic N) is 3. The van der Waals surface area contributed by atoms with Crippen molar-refractivity contribution in [2.45, 2.75) is 0 Å². The lowest BCUT2D eigenvalue weighted by Gasteiger charge is -2.12. The highest BCUT2D eigenvalue weighted by Crippen LogP contribution is 2.38. The number of furan rings is 1. The zero-order valence-corrected chi connectivity index (χ0v) is 27.0. The summed E-state index contributed by atoms with van der Waals surface area (Å²) in [7, 11) is 0. The standard InChI is InChI=1S/C46H29N3O/c1-3-13-30(14-4-1)31-15-11-16-32(27-31)40-29-41(48-46(47-40)39-22-12-21-38-37-20-8-10-24-44(37)50-45(38)39)33-25-26-36-35-19-7-9-23-42(35)49(43(36)28-33)34-17-5-2-6-18-34/h1-29H. The van der Waals surface area contributed by atoms with Crippen molar-refractivity contribution in [3.05, 3.63) is 176 Å². The van der Waals surface area contributed by atoms with Gasteiger partial charge in [-0.1, -0.05) is 127 Å². The first-order valence-electron chi connectivity index (χ1n) is 16.8. The summed E-state index contributed by atoms with van der Waals surface area (Å²) in [5.74, 6) is 0.621. The molecule has 0 amide bonds. The molecule has 7 aromatic carbocycles. The van der Waals surface area contributed by atoms with Crippen molar-refractivity contribution in [1.29, 1.82) is 0 Å². The summed E-state index contributed by atoms with van der Waals surface area (Å²) in [6, 6.07) is 61.4. The third kappa shape index (κ3) is 4.61. The van der Waals surface area contributed by atoms with Crippen molar-refractivity contribution in [3.63, 3.8) is 0 Å². The predicted octanol–water partition coefficient (Wildman–Crippen LogP) is 12.1. The van der Waals surface area contributed by atoms with Gasteiger partial charge in [-0.05, 0) is 59.7 Å². The maximum atomic E-state index is 6.48. The van der Waals surface area contributed by atoms with Gasteiger partial charge in [0.2, 0.25) is 0 Å². The van der Waals surface area contributed by atoms with Crippen LogP contribution in [-0.2, 0) is 0 Å². The summed E-state index contributed by atoms with van der Waals surface area (Å²) in [6.45, 7) is 0. The number of rotatable bonds is 5. The first kappa shape index (κ1) is 28.3. The first-order chi connectivity index (χ1) is 24.8. The SMILES string of the molecule is c1ccc(-c2cccc(-c3cc(-c4ccc5c6ccccc6n(-c6ccccc6)c5c4)nc(-c4cccc5c4oc4ccccc45)n3)c2)cc1. The average Bonchev–Trinajstić information content (AvgIpc) is 3.74. The van der Waals surface area contributed by atoms with E-state index in [1.165, 1.54) is 16.3 Å². The summed E-state index contributed by atoms with van der Waals surface area (Å²) in [5.41, 5.74) is 11.9. The Hall–Kier alpha value is -6.78. The van der Waals surface area contributed by atoms with Crippen LogP contribution in [-0.4, -0.2) is 14.5 Å². The van der Waals surface area contributed by atoms with Crippen molar-refractivity contribution in [1.82, 2.24) is 14.5 Å². The van der Waals surface area contributed by atoms with E-state index in [0.29, 0.717) is 5.82 Å². The van der Waals surface area contributed by atoms with Gasteiger partial charge in [0.15, 0.2) is 5.82 Å². The second kappa shape index (κ2) is 11.4. The lowest BCUT2D eigenvalue weighted by Crippen LogP contribution is -1.97. The van der Waals surface area contributed by atoms with Gasteiger partial charge in [0, 0.05) is 38.4 Å². The number of hydrogen-bond acceptors (Lipinski definition) is 3. The van der Waals surface area contributed by atoms with Gasteiger partial charge in [0.05, 0.1) is 28.0 Å². The molecular formula is C46H29N3O. The molecule has 0 aliphatic carbocycles. The van der Waals surface area contributed by atoms with Crippen molar-refractivity contribution in [2.24, 2.45) is 0 Å². The number of hydrogen-bond donors (Lipinski definition) is 0. The van der Waals surface area contributed by atoms with Gasteiger partial charge in [0.1, 0.15) is 11.2 Å². The summed E-state index contributed by atoms with van der Waals surface area (Å²) in [6.07, 6.45) is 0. The van der Waals surface area contributed by atoms with Crippen molar-refractivity contribution in [3.8, 4) is 50.7 Å². The van der Waals surface area contributed by atoms with Crippen LogP contribution in [0.2, 0.25) is 0 Å². The van der Waals surface area contributed by atoms with Crippen LogP contribution in [0.5, 0.6) is 0 Å². The molecule has 3 heterocycles. The van der Waals surface area contributed by atoms with Gasteiger partial charge in [-0.25, -0.2) is 9.97 Å². The highest BCUT2D eigenvalue weighted by Gasteiger charge is 2.18. The fourth-order valence-electron chi connectivity index (χ4n) is 7.26. The fraction of sp³-hybridized carbons (Fsp3) is 0. The molecule has 0 fully saturated rings. The highest BCUT2D eigenvalue weighted by atomic mass is 16.3. The molecule has 4 nitrogen and oxygen atoms in total. The van der Waals surface area contributed by atoms with Crippen LogP contribution in [0, 0.1) is 0 Å². The lowest BCUT2D eigenvalue weighted by molar-refractivity contribution is 0.669. The fourth-order valence-corrected chi connectivity index (χ4v) is 7.26. The van der Waals surface area contributed by atoms with Crippen LogP contribution in [0.3, 0.4) is 0 Å². The van der Waals surface area contributed by atoms with Gasteiger partial charge >= 0.3 is 0 Å². The summed E-state index contributed by atoms with van der Waals surface area (Å²) in [4.78, 5) is 10.5. The van der Waals surface area contributed by atoms with Gasteiger partial charge in [0.25, 0.3) is 0 Å². The molecule has 0 unspecified atom stereocenters. The highest BCUT2D eigenvalue weighted by molar-refractivity contribution is 6.11. The topological polar surface area (TPSA) is 43.9 Å². The van der Waals surface area contributed by atoms with E-state index >= 15 is 0 Å². The molecule has 0 atom stereocenters. The lowest BCUT2D eigenvalue weighted by atomic mass is 10.00. The second-order valence-electron chi connectivity index (χ2n) is 12.6. The van der Waals surface area contributed by atoms with Crippen LogP contribution in [0.25, 0.3) is 94.5 Å². The Labute approximate surface area is 288 Å². The van der Waals surface area contributed by atoms with Crippen LogP contribution in [0.15, 0.2) is 180 Å². The Morgan fingerprint density at radius 1 is 0.400 bits per heavy atom. The van der Waals surface area contributed by atoms with Crippen LogP contribution < -0.4 is 0 Å². The third-order valence-electron chi connectivity index (χ3n) is 9.62. The van der Waals surface area contributed by atoms with Crippen LogP contribution in [0.4, 0.5) is 0 Å². The molecular weight excluding hydrogens is 611 g/mol. The molecule has 4 heteroatoms. The minimum Gasteiger partial charge on any atom is -0.455 e. The molecule has 3 aromatic heterocycles. The van der Waals surface area contributed by atoms with Gasteiger partial charge in [-0.2, -0.15) is 0 Å². The number of benzene rings is 7. The molecule has 0 spiro atoms. The minimum atomic E-state index is 0.621. The van der Waals surface area contributed by atoms with Gasteiger partial charge in [-0.15, -0.1) is 0 Å². The van der Waals surface area contributed by atoms with Crippen LogP contribution in [0.1, 0.15) is 0 Å². The third-order valence-corrected chi connectivity index (χ3v) is 9.62. The molecule has 0 saturated carbocycles. The van der Waals surface area contributed by atoms with E-state index in [9.17, 15) is 0 Å². The van der Waals surface area contributed by atoms with Gasteiger partial charge < -0.3 is 8.98 Å². The van der Waals surface area contributed by atoms with Crippen molar-refractivity contribution < 1.29 is 4.42 Å². The number of fused-ring (bicyclic) bond motifs is 6. The molecule has 0 N–H and O–H groups in total. The Morgan fingerprint density at radius 2 is 1.02 bits per heavy atom. The van der Waals surface area contributed by atoms with E-state index < -0.39 is 0 Å². The van der Waals surface area contributed by atoms with E-state index in [4.69, 9.17) is 14.4 Å². The van der Waals surface area contributed by atoms with E-state index in [0.717, 1.165) is 72.3 Å². The van der Waals surface area contributed by atoms with Crippen molar-refractivity contribution in [2.75, 3.05) is 0 Å². The summed E-state index contributed by atoms with van der Waals surface area (Å²) < 4.78 is 8.82. The first-order valence-corrected chi connectivity index (χ1v) is 16.8. The molecule has 10 rings (SSSR count). The molecule has 234 valence electrons. The van der Waals surface area contributed by atoms with Crippen LogP contribution >= 0.6 is 0 Å². The largest absolute Gasteiger partial charge is 0.455 e. The predicted molar refractivity (Wildman–Crippen MR) is 205 cm³/mol.